The molecule has 2 aromatic rings. The van der Waals surface area contributed by atoms with Crippen LogP contribution in [0, 0.1) is 6.92 Å². The molecule has 3 N–H and O–H groups in total. The molecule has 0 amide bonds. The predicted molar refractivity (Wildman–Crippen MR) is 84.0 cm³/mol. The van der Waals surface area contributed by atoms with E-state index in [9.17, 15) is 4.79 Å². The summed E-state index contributed by atoms with van der Waals surface area (Å²) in [7, 11) is 4.01. The van der Waals surface area contributed by atoms with Crippen LogP contribution in [0.15, 0.2) is 36.4 Å². The minimum Gasteiger partial charge on any atom is -0.356 e. The molecule has 0 saturated heterocycles. The van der Waals surface area contributed by atoms with Crippen LogP contribution in [0.2, 0.25) is 0 Å². The average molecular weight is 273 g/mol. The Morgan fingerprint density at radius 3 is 2.35 bits per heavy atom. The molecule has 0 aliphatic rings. The topological polar surface area (TPSA) is 62.1 Å². The highest BCUT2D eigenvalue weighted by Crippen LogP contribution is 2.23. The van der Waals surface area contributed by atoms with Gasteiger partial charge in [0.1, 0.15) is 0 Å². The Morgan fingerprint density at radius 1 is 1.25 bits per heavy atom. The Morgan fingerprint density at radius 2 is 1.90 bits per heavy atom. The van der Waals surface area contributed by atoms with E-state index in [1.165, 1.54) is 0 Å². The molecule has 0 unspecified atom stereocenters. The molecule has 1 aromatic heterocycles. The van der Waals surface area contributed by atoms with Crippen LogP contribution < -0.4 is 5.73 Å². The third-order valence-corrected chi connectivity index (χ3v) is 2.76. The van der Waals surface area contributed by atoms with E-state index >= 15 is 0 Å². The lowest BCUT2D eigenvalue weighted by molar-refractivity contribution is 0.112. The van der Waals surface area contributed by atoms with Crippen LogP contribution in [0.1, 0.15) is 16.2 Å². The van der Waals surface area contributed by atoms with Crippen molar-refractivity contribution < 1.29 is 4.79 Å². The van der Waals surface area contributed by atoms with Gasteiger partial charge in [0.25, 0.3) is 0 Å². The highest BCUT2D eigenvalue weighted by Gasteiger charge is 2.06. The number of hydrogen-bond donors (Lipinski definition) is 2. The second kappa shape index (κ2) is 8.30. The lowest BCUT2D eigenvalue weighted by atomic mass is 10.1. The van der Waals surface area contributed by atoms with Crippen LogP contribution in [-0.2, 0) is 0 Å². The molecule has 0 saturated carbocycles. The zero-order chi connectivity index (χ0) is 15.0. The van der Waals surface area contributed by atoms with E-state index in [2.05, 4.69) is 9.88 Å². The maximum absolute atomic E-state index is 10.8. The number of likely N-dealkylation sites (N-methyl/N-ethyl adjacent to an activating group) is 1. The van der Waals surface area contributed by atoms with E-state index in [4.69, 9.17) is 5.73 Å². The fourth-order valence-corrected chi connectivity index (χ4v) is 1.82. The molecule has 0 aliphatic heterocycles. The van der Waals surface area contributed by atoms with Gasteiger partial charge in [-0.05, 0) is 32.6 Å². The Labute approximate surface area is 120 Å². The quantitative estimate of drug-likeness (QED) is 0.840. The molecule has 1 aromatic carbocycles. The van der Waals surface area contributed by atoms with Crippen LogP contribution in [0.25, 0.3) is 11.1 Å². The minimum absolute atomic E-state index is 0.647. The van der Waals surface area contributed by atoms with E-state index in [1.54, 1.807) is 0 Å². The zero-order valence-electron chi connectivity index (χ0n) is 12.4. The fourth-order valence-electron chi connectivity index (χ4n) is 1.82. The van der Waals surface area contributed by atoms with Gasteiger partial charge in [0.05, 0.1) is 5.69 Å². The van der Waals surface area contributed by atoms with Gasteiger partial charge in [-0.15, -0.1) is 0 Å². The first-order valence-corrected chi connectivity index (χ1v) is 6.63. The second-order valence-corrected chi connectivity index (χ2v) is 4.86. The van der Waals surface area contributed by atoms with E-state index in [0.717, 1.165) is 36.2 Å². The molecule has 2 rings (SSSR count). The first kappa shape index (κ1) is 16.1. The van der Waals surface area contributed by atoms with Crippen molar-refractivity contribution >= 4 is 6.29 Å². The SMILES string of the molecule is CN(C)CCN.Cc1cc(-c2ccccc2)c(C=O)[nH]1. The van der Waals surface area contributed by atoms with Crippen molar-refractivity contribution in [3.05, 3.63) is 47.8 Å². The molecule has 0 fully saturated rings. The number of carbonyl (C=O) groups excluding carboxylic acids is 1. The number of nitrogens with one attached hydrogen (secondary N) is 1. The zero-order valence-corrected chi connectivity index (χ0v) is 12.4. The van der Waals surface area contributed by atoms with Gasteiger partial charge < -0.3 is 15.6 Å². The van der Waals surface area contributed by atoms with Crippen molar-refractivity contribution in [2.75, 3.05) is 27.2 Å². The summed E-state index contributed by atoms with van der Waals surface area (Å²) in [6.07, 6.45) is 0.856. The third-order valence-electron chi connectivity index (χ3n) is 2.76. The molecule has 0 radical (unpaired) electrons. The van der Waals surface area contributed by atoms with E-state index in [1.807, 2.05) is 57.4 Å². The van der Waals surface area contributed by atoms with Crippen LogP contribution >= 0.6 is 0 Å². The molecule has 0 spiro atoms. The smallest absolute Gasteiger partial charge is 0.166 e. The Bertz CT molecular complexity index is 518. The maximum atomic E-state index is 10.8. The fraction of sp³-hybridized carbons (Fsp3) is 0.312. The standard InChI is InChI=1S/C12H11NO.C4H12N2/c1-9-7-11(12(8-14)13-9)10-5-3-2-4-6-10;1-6(2)4-3-5/h2-8,13H,1H3;3-5H2,1-2H3. The second-order valence-electron chi connectivity index (χ2n) is 4.86. The van der Waals surface area contributed by atoms with Gasteiger partial charge >= 0.3 is 0 Å². The number of nitrogens with two attached hydrogens (primary N) is 1. The Kier molecular flexibility index (Phi) is 6.70. The van der Waals surface area contributed by atoms with Crippen molar-refractivity contribution in [1.29, 1.82) is 0 Å². The number of hydrogen-bond acceptors (Lipinski definition) is 3. The largest absolute Gasteiger partial charge is 0.356 e. The number of aromatic amines is 1. The van der Waals surface area contributed by atoms with Crippen LogP contribution in [-0.4, -0.2) is 43.4 Å². The van der Waals surface area contributed by atoms with Gasteiger partial charge in [-0.25, -0.2) is 0 Å². The molecule has 1 heterocycles. The van der Waals surface area contributed by atoms with E-state index in [0.29, 0.717) is 5.69 Å². The summed E-state index contributed by atoms with van der Waals surface area (Å²) in [6.45, 7) is 3.69. The molecular weight excluding hydrogens is 250 g/mol. The van der Waals surface area contributed by atoms with Gasteiger partial charge in [0.15, 0.2) is 6.29 Å². The third kappa shape index (κ3) is 4.99. The summed E-state index contributed by atoms with van der Waals surface area (Å²) in [5.74, 6) is 0. The summed E-state index contributed by atoms with van der Waals surface area (Å²) < 4.78 is 0. The van der Waals surface area contributed by atoms with Gasteiger partial charge in [0, 0.05) is 24.3 Å². The van der Waals surface area contributed by atoms with Gasteiger partial charge in [0.2, 0.25) is 0 Å². The van der Waals surface area contributed by atoms with E-state index < -0.39 is 0 Å². The number of H-pyrrole nitrogens is 1. The molecule has 108 valence electrons. The van der Waals surface area contributed by atoms with Gasteiger partial charge in [-0.1, -0.05) is 30.3 Å². The van der Waals surface area contributed by atoms with E-state index in [-0.39, 0.29) is 0 Å². The normalized spacial score (nSPS) is 10.1. The lowest BCUT2D eigenvalue weighted by Crippen LogP contribution is -2.20. The summed E-state index contributed by atoms with van der Waals surface area (Å²) in [5.41, 5.74) is 8.88. The highest BCUT2D eigenvalue weighted by molar-refractivity contribution is 5.86. The highest BCUT2D eigenvalue weighted by atomic mass is 16.1. The number of aromatic nitrogens is 1. The van der Waals surface area contributed by atoms with Crippen LogP contribution in [0.5, 0.6) is 0 Å². The van der Waals surface area contributed by atoms with Crippen LogP contribution in [0.4, 0.5) is 0 Å². The van der Waals surface area contributed by atoms with Crippen LogP contribution in [0.3, 0.4) is 0 Å². The molecule has 0 atom stereocenters. The molecule has 0 aliphatic carbocycles. The van der Waals surface area contributed by atoms with Crippen molar-refractivity contribution in [1.82, 2.24) is 9.88 Å². The summed E-state index contributed by atoms with van der Waals surface area (Å²) in [6, 6.07) is 11.9. The predicted octanol–water partition coefficient (Wildman–Crippen LogP) is 2.31. The van der Waals surface area contributed by atoms with Crippen molar-refractivity contribution in [2.45, 2.75) is 6.92 Å². The number of aryl methyl sites for hydroxylation is 1. The number of rotatable bonds is 4. The van der Waals surface area contributed by atoms with Crippen molar-refractivity contribution in [2.24, 2.45) is 5.73 Å². The monoisotopic (exact) mass is 273 g/mol. The number of nitrogens with zero attached hydrogens (tertiary/aromatic N) is 1. The molecule has 4 nitrogen and oxygen atoms in total. The molecule has 20 heavy (non-hydrogen) atoms. The molecule has 4 heteroatoms. The van der Waals surface area contributed by atoms with Crippen molar-refractivity contribution in [3.8, 4) is 11.1 Å². The number of benzene rings is 1. The number of aldehydes is 1. The first-order valence-electron chi connectivity index (χ1n) is 6.63. The van der Waals surface area contributed by atoms with Gasteiger partial charge in [-0.3, -0.25) is 4.79 Å². The Hall–Kier alpha value is -1.91. The maximum Gasteiger partial charge on any atom is 0.166 e. The molecule has 0 bridgehead atoms. The van der Waals surface area contributed by atoms with Crippen molar-refractivity contribution in [3.63, 3.8) is 0 Å². The Balaban J connectivity index is 0.000000286. The van der Waals surface area contributed by atoms with Gasteiger partial charge in [-0.2, -0.15) is 0 Å². The summed E-state index contributed by atoms with van der Waals surface area (Å²) >= 11 is 0. The lowest BCUT2D eigenvalue weighted by Gasteiger charge is -2.03. The summed E-state index contributed by atoms with van der Waals surface area (Å²) in [5, 5.41) is 0. The summed E-state index contributed by atoms with van der Waals surface area (Å²) in [4.78, 5) is 15.9. The molecular formula is C16H23N3O. The number of carbonyl (C=O) groups is 1. The average Bonchev–Trinajstić information content (AvgIpc) is 2.81. The first-order chi connectivity index (χ1) is 9.58. The minimum atomic E-state index is 0.647.